The van der Waals surface area contributed by atoms with E-state index >= 15 is 0 Å². The van der Waals surface area contributed by atoms with Crippen LogP contribution in [0.5, 0.6) is 5.75 Å². The molecule has 2 aromatic rings. The van der Waals surface area contributed by atoms with E-state index in [9.17, 15) is 4.79 Å². The first-order valence-electron chi connectivity index (χ1n) is 10.7. The summed E-state index contributed by atoms with van der Waals surface area (Å²) in [5.41, 5.74) is 2.01. The van der Waals surface area contributed by atoms with E-state index in [-0.39, 0.29) is 17.9 Å². The molecular weight excluding hydrogens is 394 g/mol. The summed E-state index contributed by atoms with van der Waals surface area (Å²) in [6.45, 7) is 3.34. The number of methoxy groups -OCH3 is 1. The van der Waals surface area contributed by atoms with Gasteiger partial charge in [0.1, 0.15) is 11.3 Å². The Morgan fingerprint density at radius 2 is 1.74 bits per heavy atom. The lowest BCUT2D eigenvalue weighted by Crippen LogP contribution is -2.56. The topological polar surface area (TPSA) is 82.1 Å². The van der Waals surface area contributed by atoms with Crippen molar-refractivity contribution >= 4 is 18.1 Å². The van der Waals surface area contributed by atoms with Gasteiger partial charge in [-0.2, -0.15) is 0 Å². The summed E-state index contributed by atoms with van der Waals surface area (Å²) in [6, 6.07) is 18.5. The molecule has 2 N–H and O–H groups in total. The van der Waals surface area contributed by atoms with Crippen molar-refractivity contribution in [3.05, 3.63) is 60.2 Å². The molecule has 7 nitrogen and oxygen atoms in total. The zero-order valence-corrected chi connectivity index (χ0v) is 18.0. The van der Waals surface area contributed by atoms with Crippen LogP contribution in [0.3, 0.4) is 0 Å². The van der Waals surface area contributed by atoms with Gasteiger partial charge in [0.15, 0.2) is 0 Å². The van der Waals surface area contributed by atoms with E-state index in [2.05, 4.69) is 39.4 Å². The Hall–Kier alpha value is -3.06. The summed E-state index contributed by atoms with van der Waals surface area (Å²) >= 11 is 0. The lowest BCUT2D eigenvalue weighted by Gasteiger charge is -2.43. The number of carboxylic acid groups (broad SMARTS) is 1. The van der Waals surface area contributed by atoms with Crippen LogP contribution in [-0.2, 0) is 16.0 Å². The molecule has 0 bridgehead atoms. The smallest absolute Gasteiger partial charge is 0.290 e. The van der Waals surface area contributed by atoms with Crippen LogP contribution in [0.4, 0.5) is 5.69 Å². The summed E-state index contributed by atoms with van der Waals surface area (Å²) in [4.78, 5) is 25.8. The molecule has 1 spiro atoms. The number of anilines is 1. The van der Waals surface area contributed by atoms with Crippen LogP contribution < -0.4 is 15.0 Å². The summed E-state index contributed by atoms with van der Waals surface area (Å²) in [5, 5.41) is 9.96. The van der Waals surface area contributed by atoms with Gasteiger partial charge in [-0.25, -0.2) is 0 Å². The quantitative estimate of drug-likeness (QED) is 0.693. The number of carbonyl (C=O) groups excluding carboxylic acids is 1. The Labute approximate surface area is 183 Å². The maximum atomic E-state index is 12.7. The number of nitrogens with one attached hydrogen (secondary N) is 1. The molecule has 2 heterocycles. The number of piperidine rings is 1. The van der Waals surface area contributed by atoms with E-state index in [0.29, 0.717) is 6.67 Å². The molecular formula is C24H31N3O4. The van der Waals surface area contributed by atoms with Gasteiger partial charge in [0.05, 0.1) is 13.8 Å². The number of hydrogen-bond donors (Lipinski definition) is 2. The zero-order chi connectivity index (χ0) is 22.1. The molecule has 2 aromatic carbocycles. The fourth-order valence-electron chi connectivity index (χ4n) is 4.58. The summed E-state index contributed by atoms with van der Waals surface area (Å²) in [6.07, 6.45) is 3.87. The van der Waals surface area contributed by atoms with Crippen LogP contribution in [0, 0.1) is 0 Å². The Balaban J connectivity index is 0.000000858. The minimum Gasteiger partial charge on any atom is -0.496 e. The van der Waals surface area contributed by atoms with Crippen molar-refractivity contribution in [3.8, 4) is 5.75 Å². The zero-order valence-electron chi connectivity index (χ0n) is 18.0. The molecule has 2 aliphatic heterocycles. The molecule has 31 heavy (non-hydrogen) atoms. The predicted octanol–water partition coefficient (Wildman–Crippen LogP) is 2.76. The molecule has 2 fully saturated rings. The normalized spacial score (nSPS) is 17.6. The molecule has 2 aliphatic rings. The first-order valence-corrected chi connectivity index (χ1v) is 10.7. The van der Waals surface area contributed by atoms with Gasteiger partial charge in [0, 0.05) is 18.8 Å². The van der Waals surface area contributed by atoms with E-state index in [1.165, 1.54) is 5.56 Å². The Morgan fingerprint density at radius 1 is 1.10 bits per heavy atom. The number of ether oxygens (including phenoxy) is 1. The highest BCUT2D eigenvalue weighted by molar-refractivity contribution is 5.93. The third kappa shape index (κ3) is 5.17. The van der Waals surface area contributed by atoms with Gasteiger partial charge in [0.25, 0.3) is 6.47 Å². The summed E-state index contributed by atoms with van der Waals surface area (Å²) < 4.78 is 5.45. The average Bonchev–Trinajstić information content (AvgIpc) is 3.12. The number of aryl methyl sites for hydroxylation is 1. The van der Waals surface area contributed by atoms with Gasteiger partial charge in [0.2, 0.25) is 5.91 Å². The standard InChI is InChI=1S/C23H29N3O2.CH2O2/c1-28-21-12-6-5-8-19(21)9-7-15-25-16-13-23(14-17-25)22(27)24-18-26(23)20-10-3-2-4-11-20;2-1-3/h2-6,8,10-12H,7,9,13-18H2,1H3,(H,24,27);1H,(H,2,3). The fourth-order valence-corrected chi connectivity index (χ4v) is 4.58. The van der Waals surface area contributed by atoms with E-state index < -0.39 is 0 Å². The fraction of sp³-hybridized carbons (Fsp3) is 0.417. The second kappa shape index (κ2) is 10.8. The molecule has 166 valence electrons. The minimum absolute atomic E-state index is 0.185. The molecule has 4 rings (SSSR count). The van der Waals surface area contributed by atoms with Gasteiger partial charge in [-0.15, -0.1) is 0 Å². The van der Waals surface area contributed by atoms with Gasteiger partial charge >= 0.3 is 0 Å². The van der Waals surface area contributed by atoms with Crippen molar-refractivity contribution in [2.24, 2.45) is 0 Å². The van der Waals surface area contributed by atoms with Crippen LogP contribution in [0.1, 0.15) is 24.8 Å². The predicted molar refractivity (Wildman–Crippen MR) is 120 cm³/mol. The van der Waals surface area contributed by atoms with Crippen molar-refractivity contribution in [3.63, 3.8) is 0 Å². The van der Waals surface area contributed by atoms with Gasteiger partial charge in [-0.3, -0.25) is 9.59 Å². The number of para-hydroxylation sites is 2. The SMILES string of the molecule is COc1ccccc1CCCN1CCC2(CC1)C(=O)NCN2c1ccccc1.O=CO. The summed E-state index contributed by atoms with van der Waals surface area (Å²) in [7, 11) is 1.73. The largest absolute Gasteiger partial charge is 0.496 e. The molecule has 0 atom stereocenters. The number of rotatable bonds is 6. The highest BCUT2D eigenvalue weighted by Crippen LogP contribution is 2.36. The molecule has 0 aliphatic carbocycles. The highest BCUT2D eigenvalue weighted by atomic mass is 16.5. The van der Waals surface area contributed by atoms with Crippen LogP contribution >= 0.6 is 0 Å². The third-order valence-electron chi connectivity index (χ3n) is 6.20. The molecule has 0 unspecified atom stereocenters. The van der Waals surface area contributed by atoms with Crippen LogP contribution in [0.25, 0.3) is 0 Å². The molecule has 1 amide bonds. The number of nitrogens with zero attached hydrogens (tertiary/aromatic N) is 2. The monoisotopic (exact) mass is 425 g/mol. The number of hydrogen-bond acceptors (Lipinski definition) is 5. The second-order valence-corrected chi connectivity index (χ2v) is 7.82. The van der Waals surface area contributed by atoms with E-state index in [1.807, 2.05) is 30.3 Å². The third-order valence-corrected chi connectivity index (χ3v) is 6.20. The van der Waals surface area contributed by atoms with E-state index in [1.54, 1.807) is 7.11 Å². The molecule has 0 saturated carbocycles. The first-order chi connectivity index (χ1) is 15.1. The minimum atomic E-state index is -0.388. The van der Waals surface area contributed by atoms with Crippen molar-refractivity contribution < 1.29 is 19.4 Å². The average molecular weight is 426 g/mol. The number of carbonyl (C=O) groups is 2. The highest BCUT2D eigenvalue weighted by Gasteiger charge is 2.50. The van der Waals surface area contributed by atoms with Gasteiger partial charge in [-0.05, 0) is 56.0 Å². The van der Waals surface area contributed by atoms with Gasteiger partial charge < -0.3 is 25.0 Å². The Kier molecular flexibility index (Phi) is 7.89. The maximum absolute atomic E-state index is 12.7. The summed E-state index contributed by atoms with van der Waals surface area (Å²) in [5.74, 6) is 1.16. The lowest BCUT2D eigenvalue weighted by atomic mass is 9.85. The number of amides is 1. The van der Waals surface area contributed by atoms with Crippen molar-refractivity contribution in [1.82, 2.24) is 10.2 Å². The van der Waals surface area contributed by atoms with E-state index in [4.69, 9.17) is 14.6 Å². The van der Waals surface area contributed by atoms with Crippen molar-refractivity contribution in [2.45, 2.75) is 31.2 Å². The second-order valence-electron chi connectivity index (χ2n) is 7.82. The van der Waals surface area contributed by atoms with Crippen molar-refractivity contribution in [2.75, 3.05) is 38.3 Å². The van der Waals surface area contributed by atoms with E-state index in [0.717, 1.165) is 56.8 Å². The van der Waals surface area contributed by atoms with Crippen LogP contribution in [-0.4, -0.2) is 61.3 Å². The number of benzene rings is 2. The van der Waals surface area contributed by atoms with Crippen molar-refractivity contribution in [1.29, 1.82) is 0 Å². The van der Waals surface area contributed by atoms with Crippen LogP contribution in [0.15, 0.2) is 54.6 Å². The maximum Gasteiger partial charge on any atom is 0.290 e. The number of likely N-dealkylation sites (tertiary alicyclic amines) is 1. The molecule has 0 radical (unpaired) electrons. The molecule has 0 aromatic heterocycles. The molecule has 2 saturated heterocycles. The van der Waals surface area contributed by atoms with Gasteiger partial charge in [-0.1, -0.05) is 36.4 Å². The molecule has 7 heteroatoms. The first kappa shape index (κ1) is 22.6. The Morgan fingerprint density at radius 3 is 2.42 bits per heavy atom. The Bertz CT molecular complexity index is 851. The lowest BCUT2D eigenvalue weighted by molar-refractivity contribution is -0.125. The van der Waals surface area contributed by atoms with Crippen LogP contribution in [0.2, 0.25) is 0 Å².